The molecule has 17 heavy (non-hydrogen) atoms. The number of hydrogen-bond donors (Lipinski definition) is 3. The van der Waals surface area contributed by atoms with Crippen molar-refractivity contribution in [1.82, 2.24) is 5.32 Å². The van der Waals surface area contributed by atoms with Gasteiger partial charge in [0.1, 0.15) is 5.75 Å². The molecule has 1 rings (SSSR count). The average molecular weight is 244 g/mol. The lowest BCUT2D eigenvalue weighted by Crippen LogP contribution is -2.43. The van der Waals surface area contributed by atoms with Crippen molar-refractivity contribution in [2.24, 2.45) is 5.73 Å². The van der Waals surface area contributed by atoms with Crippen LogP contribution in [0.25, 0.3) is 0 Å². The van der Waals surface area contributed by atoms with E-state index >= 15 is 0 Å². The average Bonchev–Trinajstić information content (AvgIpc) is 2.28. The molecule has 0 radical (unpaired) electrons. The maximum atomic E-state index is 11.8. The normalized spacial score (nSPS) is 12.5. The molecule has 0 spiro atoms. The zero-order valence-electron chi connectivity index (χ0n) is 9.07. The van der Waals surface area contributed by atoms with Crippen LogP contribution in [0.5, 0.6) is 5.75 Å². The molecular formula is C11H14F2N2O2. The minimum absolute atomic E-state index is 0.115. The predicted molar refractivity (Wildman–Crippen MR) is 58.8 cm³/mol. The molecule has 0 heterocycles. The second-order valence-corrected chi connectivity index (χ2v) is 3.61. The summed E-state index contributed by atoms with van der Waals surface area (Å²) in [6, 6.07) is 5.31. The molecule has 0 fully saturated rings. The Balaban J connectivity index is 2.45. The first kappa shape index (κ1) is 13.4. The summed E-state index contributed by atoms with van der Waals surface area (Å²) >= 11 is 0. The molecule has 0 saturated heterocycles. The van der Waals surface area contributed by atoms with Gasteiger partial charge in [-0.05, 0) is 24.1 Å². The van der Waals surface area contributed by atoms with Crippen LogP contribution >= 0.6 is 0 Å². The van der Waals surface area contributed by atoms with Crippen molar-refractivity contribution in [2.45, 2.75) is 18.9 Å². The van der Waals surface area contributed by atoms with Gasteiger partial charge in [0.25, 0.3) is 6.43 Å². The van der Waals surface area contributed by atoms with E-state index in [0.29, 0.717) is 0 Å². The summed E-state index contributed by atoms with van der Waals surface area (Å²) in [5.74, 6) is -0.497. The summed E-state index contributed by atoms with van der Waals surface area (Å²) in [5.41, 5.74) is 6.31. The lowest BCUT2D eigenvalue weighted by Gasteiger charge is -2.12. The number of rotatable bonds is 5. The fraction of sp³-hybridized carbons (Fsp3) is 0.364. The number of halogens is 2. The van der Waals surface area contributed by atoms with Gasteiger partial charge in [-0.25, -0.2) is 8.78 Å². The third-order valence-electron chi connectivity index (χ3n) is 2.16. The van der Waals surface area contributed by atoms with Crippen LogP contribution in [-0.2, 0) is 11.2 Å². The highest BCUT2D eigenvalue weighted by atomic mass is 19.3. The minimum atomic E-state index is -2.58. The fourth-order valence-corrected chi connectivity index (χ4v) is 1.29. The molecule has 1 amide bonds. The molecule has 0 unspecified atom stereocenters. The van der Waals surface area contributed by atoms with Gasteiger partial charge >= 0.3 is 0 Å². The maximum absolute atomic E-state index is 11.8. The monoisotopic (exact) mass is 244 g/mol. The predicted octanol–water partition coefficient (Wildman–Crippen LogP) is 0.643. The number of alkyl halides is 2. The number of amides is 1. The van der Waals surface area contributed by atoms with Crippen molar-refractivity contribution in [2.75, 3.05) is 6.54 Å². The van der Waals surface area contributed by atoms with E-state index in [1.54, 1.807) is 12.1 Å². The first-order valence-corrected chi connectivity index (χ1v) is 5.08. The standard InChI is InChI=1S/C11H14F2N2O2/c12-10(13)6-15-11(17)9(14)5-7-1-3-8(16)4-2-7/h1-4,9-10,16H,5-6,14H2,(H,15,17)/t9-/m1/s1. The number of carbonyl (C=O) groups is 1. The highest BCUT2D eigenvalue weighted by molar-refractivity contribution is 5.81. The number of phenols is 1. The van der Waals surface area contributed by atoms with Crippen molar-refractivity contribution in [1.29, 1.82) is 0 Å². The highest BCUT2D eigenvalue weighted by Gasteiger charge is 2.15. The van der Waals surface area contributed by atoms with E-state index in [4.69, 9.17) is 10.8 Å². The summed E-state index contributed by atoms with van der Waals surface area (Å²) in [5, 5.41) is 11.1. The first-order chi connectivity index (χ1) is 7.99. The van der Waals surface area contributed by atoms with Crippen LogP contribution in [0, 0.1) is 0 Å². The smallest absolute Gasteiger partial charge is 0.255 e. The van der Waals surface area contributed by atoms with Gasteiger partial charge in [0.2, 0.25) is 5.91 Å². The van der Waals surface area contributed by atoms with Crippen molar-refractivity contribution in [3.63, 3.8) is 0 Å². The molecule has 0 bridgehead atoms. The Bertz CT molecular complexity index is 368. The second-order valence-electron chi connectivity index (χ2n) is 3.61. The fourth-order valence-electron chi connectivity index (χ4n) is 1.29. The zero-order valence-corrected chi connectivity index (χ0v) is 9.07. The Hall–Kier alpha value is -1.69. The van der Waals surface area contributed by atoms with E-state index in [2.05, 4.69) is 5.32 Å². The highest BCUT2D eigenvalue weighted by Crippen LogP contribution is 2.10. The van der Waals surface area contributed by atoms with Gasteiger partial charge in [-0.15, -0.1) is 0 Å². The van der Waals surface area contributed by atoms with E-state index < -0.39 is 24.9 Å². The number of aromatic hydroxyl groups is 1. The van der Waals surface area contributed by atoms with Crippen LogP contribution in [0.1, 0.15) is 5.56 Å². The van der Waals surface area contributed by atoms with Crippen molar-refractivity contribution in [3.05, 3.63) is 29.8 Å². The number of phenolic OH excluding ortho intramolecular Hbond substituents is 1. The van der Waals surface area contributed by atoms with E-state index in [1.807, 2.05) is 0 Å². The molecule has 4 nitrogen and oxygen atoms in total. The van der Waals surface area contributed by atoms with Gasteiger partial charge in [0, 0.05) is 0 Å². The number of benzene rings is 1. The molecular weight excluding hydrogens is 230 g/mol. The topological polar surface area (TPSA) is 75.3 Å². The molecule has 0 aromatic heterocycles. The SMILES string of the molecule is N[C@H](Cc1ccc(O)cc1)C(=O)NCC(F)F. The van der Waals surface area contributed by atoms with E-state index in [9.17, 15) is 13.6 Å². The van der Waals surface area contributed by atoms with Crippen LogP contribution in [-0.4, -0.2) is 30.0 Å². The van der Waals surface area contributed by atoms with E-state index in [-0.39, 0.29) is 12.2 Å². The number of nitrogens with two attached hydrogens (primary N) is 1. The summed E-state index contributed by atoms with van der Waals surface area (Å²) in [6.07, 6.45) is -2.35. The number of carbonyl (C=O) groups excluding carboxylic acids is 1. The Morgan fingerprint density at radius 3 is 2.47 bits per heavy atom. The number of hydrogen-bond acceptors (Lipinski definition) is 3. The molecule has 1 atom stereocenters. The van der Waals surface area contributed by atoms with Crippen LogP contribution in [0.2, 0.25) is 0 Å². The first-order valence-electron chi connectivity index (χ1n) is 5.08. The van der Waals surface area contributed by atoms with Gasteiger partial charge in [-0.1, -0.05) is 12.1 Å². The molecule has 0 aliphatic heterocycles. The summed E-state index contributed by atoms with van der Waals surface area (Å²) in [4.78, 5) is 11.3. The molecule has 4 N–H and O–H groups in total. The Labute approximate surface area is 97.4 Å². The summed E-state index contributed by atoms with van der Waals surface area (Å²) < 4.78 is 23.7. The van der Waals surface area contributed by atoms with Crippen LogP contribution in [0.15, 0.2) is 24.3 Å². The third kappa shape index (κ3) is 4.78. The van der Waals surface area contributed by atoms with Gasteiger partial charge in [0.15, 0.2) is 0 Å². The van der Waals surface area contributed by atoms with Crippen LogP contribution < -0.4 is 11.1 Å². The lowest BCUT2D eigenvalue weighted by atomic mass is 10.1. The summed E-state index contributed by atoms with van der Waals surface area (Å²) in [7, 11) is 0. The van der Waals surface area contributed by atoms with Crippen molar-refractivity contribution >= 4 is 5.91 Å². The zero-order chi connectivity index (χ0) is 12.8. The second kappa shape index (κ2) is 6.15. The van der Waals surface area contributed by atoms with Gasteiger partial charge in [-0.3, -0.25) is 4.79 Å². The van der Waals surface area contributed by atoms with E-state index in [1.165, 1.54) is 12.1 Å². The quantitative estimate of drug-likeness (QED) is 0.711. The van der Waals surface area contributed by atoms with Gasteiger partial charge < -0.3 is 16.2 Å². The lowest BCUT2D eigenvalue weighted by molar-refractivity contribution is -0.122. The van der Waals surface area contributed by atoms with Crippen LogP contribution in [0.4, 0.5) is 8.78 Å². The third-order valence-corrected chi connectivity index (χ3v) is 2.16. The maximum Gasteiger partial charge on any atom is 0.255 e. The minimum Gasteiger partial charge on any atom is -0.508 e. The Morgan fingerprint density at radius 2 is 1.94 bits per heavy atom. The molecule has 0 aliphatic rings. The molecule has 6 heteroatoms. The molecule has 1 aromatic rings. The Morgan fingerprint density at radius 1 is 1.35 bits per heavy atom. The van der Waals surface area contributed by atoms with Crippen molar-refractivity contribution in [3.8, 4) is 5.75 Å². The molecule has 1 aromatic carbocycles. The van der Waals surface area contributed by atoms with Crippen LogP contribution in [0.3, 0.4) is 0 Å². The number of nitrogens with one attached hydrogen (secondary N) is 1. The van der Waals surface area contributed by atoms with Gasteiger partial charge in [-0.2, -0.15) is 0 Å². The van der Waals surface area contributed by atoms with Crippen molar-refractivity contribution < 1.29 is 18.7 Å². The Kier molecular flexibility index (Phi) is 4.84. The largest absolute Gasteiger partial charge is 0.508 e. The van der Waals surface area contributed by atoms with Gasteiger partial charge in [0.05, 0.1) is 12.6 Å². The molecule has 0 saturated carbocycles. The van der Waals surface area contributed by atoms with E-state index in [0.717, 1.165) is 5.56 Å². The molecule has 0 aliphatic carbocycles. The molecule has 94 valence electrons. The summed E-state index contributed by atoms with van der Waals surface area (Å²) in [6.45, 7) is -0.692.